The van der Waals surface area contributed by atoms with E-state index in [4.69, 9.17) is 14.2 Å². The first kappa shape index (κ1) is 75.1. The second-order valence-corrected chi connectivity index (χ2v) is 22.0. The van der Waals surface area contributed by atoms with Gasteiger partial charge in [0.1, 0.15) is 13.2 Å². The fourth-order valence-corrected chi connectivity index (χ4v) is 9.28. The monoisotopic (exact) mass is 1100 g/mol. The van der Waals surface area contributed by atoms with Gasteiger partial charge in [-0.15, -0.1) is 0 Å². The molecule has 0 heterocycles. The van der Waals surface area contributed by atoms with Crippen molar-refractivity contribution in [3.05, 3.63) is 109 Å². The molecule has 0 bridgehead atoms. The summed E-state index contributed by atoms with van der Waals surface area (Å²) in [6.07, 6.45) is 91.7. The molecule has 0 aliphatic carbocycles. The lowest BCUT2D eigenvalue weighted by Gasteiger charge is -2.18. The summed E-state index contributed by atoms with van der Waals surface area (Å²) in [6, 6.07) is 0. The van der Waals surface area contributed by atoms with Crippen molar-refractivity contribution in [2.75, 3.05) is 13.2 Å². The van der Waals surface area contributed by atoms with E-state index in [1.54, 1.807) is 0 Å². The maximum Gasteiger partial charge on any atom is 0.306 e. The Kier molecular flexibility index (Phi) is 63.3. The summed E-state index contributed by atoms with van der Waals surface area (Å²) in [7, 11) is 0. The molecule has 6 heteroatoms. The molecule has 0 aliphatic rings. The fraction of sp³-hybridized carbons (Fsp3) is 0.712. The van der Waals surface area contributed by atoms with Gasteiger partial charge >= 0.3 is 17.9 Å². The fourth-order valence-electron chi connectivity index (χ4n) is 9.28. The van der Waals surface area contributed by atoms with Crippen LogP contribution < -0.4 is 0 Å². The summed E-state index contributed by atoms with van der Waals surface area (Å²) in [5.41, 5.74) is 0. The van der Waals surface area contributed by atoms with Gasteiger partial charge in [-0.05, 0) is 109 Å². The maximum atomic E-state index is 12.8. The molecule has 0 aromatic heterocycles. The van der Waals surface area contributed by atoms with Gasteiger partial charge in [0.05, 0.1) is 0 Å². The Bertz CT molecular complexity index is 1590. The Morgan fingerprint density at radius 1 is 0.266 bits per heavy atom. The predicted molar refractivity (Wildman–Crippen MR) is 343 cm³/mol. The third kappa shape index (κ3) is 64.8. The lowest BCUT2D eigenvalue weighted by Crippen LogP contribution is -2.30. The first-order valence-corrected chi connectivity index (χ1v) is 33.4. The third-order valence-electron chi connectivity index (χ3n) is 14.3. The van der Waals surface area contributed by atoms with Crippen molar-refractivity contribution in [3.63, 3.8) is 0 Å². The third-order valence-corrected chi connectivity index (χ3v) is 14.3. The quantitative estimate of drug-likeness (QED) is 0.0261. The number of hydrogen-bond donors (Lipinski definition) is 0. The number of ether oxygens (including phenoxy) is 3. The van der Waals surface area contributed by atoms with Gasteiger partial charge in [-0.1, -0.05) is 297 Å². The highest BCUT2D eigenvalue weighted by Gasteiger charge is 2.19. The van der Waals surface area contributed by atoms with Gasteiger partial charge in [0, 0.05) is 19.3 Å². The van der Waals surface area contributed by atoms with Crippen molar-refractivity contribution in [3.8, 4) is 0 Å². The van der Waals surface area contributed by atoms with E-state index < -0.39 is 6.10 Å². The molecule has 0 aromatic carbocycles. The molecule has 0 spiro atoms. The zero-order valence-electron chi connectivity index (χ0n) is 51.9. The van der Waals surface area contributed by atoms with Crippen LogP contribution in [0.25, 0.3) is 0 Å². The number of hydrogen-bond acceptors (Lipinski definition) is 6. The molecule has 1 atom stereocenters. The lowest BCUT2D eigenvalue weighted by molar-refractivity contribution is -0.167. The normalized spacial score (nSPS) is 12.8. The molecule has 0 amide bonds. The van der Waals surface area contributed by atoms with E-state index in [0.29, 0.717) is 19.3 Å². The van der Waals surface area contributed by atoms with Crippen LogP contribution in [0.15, 0.2) is 109 Å². The maximum absolute atomic E-state index is 12.8. The summed E-state index contributed by atoms with van der Waals surface area (Å²) < 4.78 is 16.7. The zero-order chi connectivity index (χ0) is 57.1. The van der Waals surface area contributed by atoms with Gasteiger partial charge in [0.25, 0.3) is 0 Å². The van der Waals surface area contributed by atoms with E-state index >= 15 is 0 Å². The van der Waals surface area contributed by atoms with Crippen molar-refractivity contribution in [1.29, 1.82) is 0 Å². The average Bonchev–Trinajstić information content (AvgIpc) is 3.45. The molecule has 0 fully saturated rings. The second-order valence-electron chi connectivity index (χ2n) is 22.0. The van der Waals surface area contributed by atoms with Gasteiger partial charge < -0.3 is 14.2 Å². The molecule has 452 valence electrons. The molecule has 6 nitrogen and oxygen atoms in total. The molecule has 0 radical (unpaired) electrons. The average molecular weight is 1100 g/mol. The molecule has 1 unspecified atom stereocenters. The number of rotatable bonds is 60. The Hall–Kier alpha value is -3.93. The van der Waals surface area contributed by atoms with E-state index in [0.717, 1.165) is 116 Å². The van der Waals surface area contributed by atoms with Crippen LogP contribution in [0.1, 0.15) is 316 Å². The minimum Gasteiger partial charge on any atom is -0.462 e. The van der Waals surface area contributed by atoms with Crippen molar-refractivity contribution in [2.24, 2.45) is 0 Å². The SMILES string of the molecule is CC/C=C\C/C=C\C/C=C\C/C=C\C/C=C\C/C=C\C/C=C\C/C=C\CCCCC(=O)OC(COC(=O)CCCCCCC)COC(=O)CCCCCCCCCCCCCCCCCCC/C=C\CCCCCCCCCC. The van der Waals surface area contributed by atoms with Crippen LogP contribution in [0.3, 0.4) is 0 Å². The molecule has 0 aromatic rings. The van der Waals surface area contributed by atoms with Crippen molar-refractivity contribution >= 4 is 17.9 Å². The number of carbonyl (C=O) groups is 3. The van der Waals surface area contributed by atoms with Crippen LogP contribution in [-0.2, 0) is 28.6 Å². The van der Waals surface area contributed by atoms with Crippen LogP contribution in [0.4, 0.5) is 0 Å². The highest BCUT2D eigenvalue weighted by molar-refractivity contribution is 5.71. The number of allylic oxidation sites excluding steroid dienone is 18. The molecule has 79 heavy (non-hydrogen) atoms. The van der Waals surface area contributed by atoms with Gasteiger partial charge in [-0.3, -0.25) is 14.4 Å². The van der Waals surface area contributed by atoms with E-state index in [2.05, 4.69) is 130 Å². The largest absolute Gasteiger partial charge is 0.462 e. The van der Waals surface area contributed by atoms with Crippen molar-refractivity contribution in [1.82, 2.24) is 0 Å². The summed E-state index contributed by atoms with van der Waals surface area (Å²) in [6.45, 7) is 6.43. The van der Waals surface area contributed by atoms with Gasteiger partial charge in [-0.25, -0.2) is 0 Å². The van der Waals surface area contributed by atoms with E-state index in [1.807, 2.05) is 0 Å². The summed E-state index contributed by atoms with van der Waals surface area (Å²) in [5.74, 6) is -0.947. The number of unbranched alkanes of at least 4 members (excludes halogenated alkanes) is 31. The van der Waals surface area contributed by atoms with Gasteiger partial charge in [-0.2, -0.15) is 0 Å². The Morgan fingerprint density at radius 3 is 0.810 bits per heavy atom. The van der Waals surface area contributed by atoms with E-state index in [-0.39, 0.29) is 37.5 Å². The van der Waals surface area contributed by atoms with Crippen LogP contribution in [0.5, 0.6) is 0 Å². The molecular formula is C73H124O6. The summed E-state index contributed by atoms with van der Waals surface area (Å²) >= 11 is 0. The van der Waals surface area contributed by atoms with Crippen LogP contribution in [-0.4, -0.2) is 37.2 Å². The highest BCUT2D eigenvalue weighted by Crippen LogP contribution is 2.17. The highest BCUT2D eigenvalue weighted by atomic mass is 16.6. The van der Waals surface area contributed by atoms with E-state index in [1.165, 1.54) is 154 Å². The lowest BCUT2D eigenvalue weighted by atomic mass is 10.0. The van der Waals surface area contributed by atoms with Crippen LogP contribution >= 0.6 is 0 Å². The molecule has 0 N–H and O–H groups in total. The predicted octanol–water partition coefficient (Wildman–Crippen LogP) is 23.0. The Morgan fingerprint density at radius 2 is 0.494 bits per heavy atom. The van der Waals surface area contributed by atoms with Crippen LogP contribution in [0, 0.1) is 0 Å². The molecule has 0 rings (SSSR count). The second kappa shape index (κ2) is 66.6. The minimum atomic E-state index is -0.799. The summed E-state index contributed by atoms with van der Waals surface area (Å²) in [4.78, 5) is 37.9. The van der Waals surface area contributed by atoms with Crippen LogP contribution in [0.2, 0.25) is 0 Å². The Labute approximate surface area is 489 Å². The molecule has 0 aliphatic heterocycles. The van der Waals surface area contributed by atoms with Crippen molar-refractivity contribution < 1.29 is 28.6 Å². The molecular weight excluding hydrogens is 973 g/mol. The molecule has 0 saturated heterocycles. The minimum absolute atomic E-state index is 0.0948. The first-order valence-electron chi connectivity index (χ1n) is 33.4. The number of carbonyl (C=O) groups excluding carboxylic acids is 3. The van der Waals surface area contributed by atoms with Crippen molar-refractivity contribution in [2.45, 2.75) is 322 Å². The standard InChI is InChI=1S/C73H124O6/c1-4-7-10-13-15-17-19-21-23-25-27-29-31-33-35-36-38-39-41-43-45-47-49-51-53-55-57-60-63-66-72(75)78-69-70(68-77-71(74)65-62-59-12-9-6-3)79-73(76)67-64-61-58-56-54-52-50-48-46-44-42-40-37-34-32-30-28-26-24-22-20-18-16-14-11-8-5-2/h8,11,16,18,22,24-25,27-28,30,34,37,42,44,48,50,54,56,70H,4-7,9-10,12-15,17,19-21,23,26,29,31-33,35-36,38-41,43,45-47,49,51-53,55,57-69H2,1-3H3/b11-8-,18-16-,24-22-,27-25-,30-28-,37-34-,44-42-,50-48-,56-54-. The summed E-state index contributed by atoms with van der Waals surface area (Å²) in [5, 5.41) is 0. The van der Waals surface area contributed by atoms with Gasteiger partial charge in [0.15, 0.2) is 6.10 Å². The number of esters is 3. The smallest absolute Gasteiger partial charge is 0.306 e. The van der Waals surface area contributed by atoms with E-state index in [9.17, 15) is 14.4 Å². The Balaban J connectivity index is 4.09. The van der Waals surface area contributed by atoms with Gasteiger partial charge in [0.2, 0.25) is 0 Å². The molecule has 0 saturated carbocycles. The topological polar surface area (TPSA) is 78.9 Å². The first-order chi connectivity index (χ1) is 39.0. The zero-order valence-corrected chi connectivity index (χ0v) is 51.9.